The molecule has 0 saturated carbocycles. The average molecular weight is 443 g/mol. The predicted octanol–water partition coefficient (Wildman–Crippen LogP) is 1.79. The summed E-state index contributed by atoms with van der Waals surface area (Å²) in [5, 5.41) is 3.18. The van der Waals surface area contributed by atoms with Gasteiger partial charge in [-0.25, -0.2) is 0 Å². The number of hydrogen-bond donors (Lipinski definition) is 1. The molecule has 1 aromatic carbocycles. The van der Waals surface area contributed by atoms with E-state index in [-0.39, 0.29) is 36.0 Å². The highest BCUT2D eigenvalue weighted by molar-refractivity contribution is 5.83. The number of methoxy groups -OCH3 is 1. The van der Waals surface area contributed by atoms with E-state index in [0.29, 0.717) is 19.6 Å². The molecule has 0 aliphatic carbocycles. The number of likely N-dealkylation sites (tertiary alicyclic amines) is 2. The Balaban J connectivity index is 1.36. The van der Waals surface area contributed by atoms with Crippen molar-refractivity contribution < 1.29 is 14.3 Å². The molecule has 7 nitrogen and oxygen atoms in total. The lowest BCUT2D eigenvalue weighted by Gasteiger charge is -2.33. The fourth-order valence-electron chi connectivity index (χ4n) is 5.72. The fourth-order valence-corrected chi connectivity index (χ4v) is 5.72. The summed E-state index contributed by atoms with van der Waals surface area (Å²) in [5.74, 6) is 0.345. The molecule has 4 atom stereocenters. The summed E-state index contributed by atoms with van der Waals surface area (Å²) in [7, 11) is 3.83. The van der Waals surface area contributed by atoms with E-state index < -0.39 is 0 Å². The van der Waals surface area contributed by atoms with Crippen LogP contribution in [-0.4, -0.2) is 91.1 Å². The number of hydrogen-bond acceptors (Lipinski definition) is 5. The first-order chi connectivity index (χ1) is 15.5. The van der Waals surface area contributed by atoms with Gasteiger partial charge in [0.05, 0.1) is 12.6 Å². The van der Waals surface area contributed by atoms with Crippen LogP contribution in [0, 0.1) is 6.92 Å². The van der Waals surface area contributed by atoms with Gasteiger partial charge in [-0.15, -0.1) is 0 Å². The third kappa shape index (κ3) is 5.00. The van der Waals surface area contributed by atoms with Crippen LogP contribution in [0.4, 0.5) is 0 Å². The standard InChI is InChI=1S/C25H38N4O3/c1-18-6-8-19(9-7-18)16-28-14-12-22-24(28)25(31)26-15-20(27(22)2)10-11-23(30)29-13-4-5-21(29)17-32-3/h6-9,20-22,24H,4-5,10-17H2,1-3H3,(H,26,31)/t20-,21+,22+,24-/m0/s1. The third-order valence-corrected chi connectivity index (χ3v) is 7.60. The maximum atomic E-state index is 13.0. The van der Waals surface area contributed by atoms with E-state index in [9.17, 15) is 9.59 Å². The highest BCUT2D eigenvalue weighted by Gasteiger charge is 2.45. The Morgan fingerprint density at radius 1 is 1.16 bits per heavy atom. The molecule has 0 bridgehead atoms. The molecule has 1 N–H and O–H groups in total. The summed E-state index contributed by atoms with van der Waals surface area (Å²) in [5.41, 5.74) is 2.49. The zero-order chi connectivity index (χ0) is 22.7. The van der Waals surface area contributed by atoms with Crippen molar-refractivity contribution in [3.63, 3.8) is 0 Å². The second-order valence-electron chi connectivity index (χ2n) is 9.70. The number of carbonyl (C=O) groups is 2. The number of nitrogens with one attached hydrogen (secondary N) is 1. The molecule has 7 heteroatoms. The van der Waals surface area contributed by atoms with Crippen molar-refractivity contribution in [1.29, 1.82) is 0 Å². The van der Waals surface area contributed by atoms with Crippen LogP contribution in [0.15, 0.2) is 24.3 Å². The first-order valence-electron chi connectivity index (χ1n) is 12.1. The van der Waals surface area contributed by atoms with Crippen LogP contribution >= 0.6 is 0 Å². The smallest absolute Gasteiger partial charge is 0.239 e. The van der Waals surface area contributed by atoms with E-state index in [2.05, 4.69) is 53.4 Å². The molecular formula is C25H38N4O3. The first kappa shape index (κ1) is 23.2. The normalized spacial score (nSPS) is 29.1. The molecular weight excluding hydrogens is 404 g/mol. The number of nitrogens with zero attached hydrogens (tertiary/aromatic N) is 3. The number of carbonyl (C=O) groups excluding carboxylic acids is 2. The van der Waals surface area contributed by atoms with Gasteiger partial charge in [0.2, 0.25) is 11.8 Å². The lowest BCUT2D eigenvalue weighted by atomic mass is 10.0. The number of fused-ring (bicyclic) bond motifs is 1. The van der Waals surface area contributed by atoms with Gasteiger partial charge in [-0.3, -0.25) is 19.4 Å². The number of aryl methyl sites for hydroxylation is 1. The first-order valence-corrected chi connectivity index (χ1v) is 12.1. The SMILES string of the molecule is COC[C@H]1CCCN1C(=O)CC[C@H]1CNC(=O)[C@@H]2[C@@H](CCN2Cc2ccc(C)cc2)N1C. The summed E-state index contributed by atoms with van der Waals surface area (Å²) in [6.07, 6.45) is 4.36. The molecule has 3 aliphatic rings. The molecule has 2 amide bonds. The highest BCUT2D eigenvalue weighted by atomic mass is 16.5. The Labute approximate surface area is 192 Å². The van der Waals surface area contributed by atoms with Crippen molar-refractivity contribution in [3.8, 4) is 0 Å². The maximum Gasteiger partial charge on any atom is 0.239 e. The Morgan fingerprint density at radius 2 is 1.94 bits per heavy atom. The number of likely N-dealkylation sites (N-methyl/N-ethyl adjacent to an activating group) is 1. The molecule has 3 saturated heterocycles. The van der Waals surface area contributed by atoms with E-state index in [1.807, 2.05) is 4.90 Å². The molecule has 176 valence electrons. The quantitative estimate of drug-likeness (QED) is 0.698. The molecule has 4 rings (SSSR count). The van der Waals surface area contributed by atoms with Crippen LogP contribution in [0.5, 0.6) is 0 Å². The van der Waals surface area contributed by atoms with Crippen LogP contribution in [0.1, 0.15) is 43.2 Å². The zero-order valence-corrected chi connectivity index (χ0v) is 19.8. The minimum Gasteiger partial charge on any atom is -0.383 e. The molecule has 0 radical (unpaired) electrons. The van der Waals surface area contributed by atoms with E-state index in [1.165, 1.54) is 11.1 Å². The lowest BCUT2D eigenvalue weighted by molar-refractivity contribution is -0.133. The summed E-state index contributed by atoms with van der Waals surface area (Å²) in [6.45, 7) is 5.86. The Morgan fingerprint density at radius 3 is 2.69 bits per heavy atom. The third-order valence-electron chi connectivity index (χ3n) is 7.60. The van der Waals surface area contributed by atoms with Crippen LogP contribution in [0.2, 0.25) is 0 Å². The molecule has 3 fully saturated rings. The minimum absolute atomic E-state index is 0.125. The van der Waals surface area contributed by atoms with Crippen LogP contribution in [0.3, 0.4) is 0 Å². The largest absolute Gasteiger partial charge is 0.383 e. The van der Waals surface area contributed by atoms with Crippen molar-refractivity contribution in [2.75, 3.05) is 40.4 Å². The number of rotatable bonds is 7. The van der Waals surface area contributed by atoms with Gasteiger partial charge in [0, 0.05) is 51.8 Å². The van der Waals surface area contributed by atoms with Crippen molar-refractivity contribution in [1.82, 2.24) is 20.0 Å². The Kier molecular flexibility index (Phi) is 7.48. The topological polar surface area (TPSA) is 65.1 Å². The molecule has 0 unspecified atom stereocenters. The van der Waals surface area contributed by atoms with E-state index in [1.54, 1.807) is 7.11 Å². The zero-order valence-electron chi connectivity index (χ0n) is 19.8. The van der Waals surface area contributed by atoms with Crippen molar-refractivity contribution in [2.45, 2.75) is 69.7 Å². The molecule has 3 aliphatic heterocycles. The van der Waals surface area contributed by atoms with E-state index in [0.717, 1.165) is 45.3 Å². The average Bonchev–Trinajstić information content (AvgIpc) is 3.39. The van der Waals surface area contributed by atoms with Gasteiger partial charge in [-0.2, -0.15) is 0 Å². The molecule has 1 aromatic rings. The number of ether oxygens (including phenoxy) is 1. The summed E-state index contributed by atoms with van der Waals surface area (Å²) in [4.78, 5) is 32.6. The van der Waals surface area contributed by atoms with Gasteiger partial charge in [-0.1, -0.05) is 29.8 Å². The highest BCUT2D eigenvalue weighted by Crippen LogP contribution is 2.29. The minimum atomic E-state index is -0.133. The van der Waals surface area contributed by atoms with E-state index in [4.69, 9.17) is 4.74 Å². The lowest BCUT2D eigenvalue weighted by Crippen LogP contribution is -2.49. The summed E-state index contributed by atoms with van der Waals surface area (Å²) < 4.78 is 5.30. The number of amides is 2. The van der Waals surface area contributed by atoms with Gasteiger partial charge in [0.15, 0.2) is 0 Å². The molecule has 0 spiro atoms. The second kappa shape index (κ2) is 10.3. The van der Waals surface area contributed by atoms with Crippen LogP contribution in [-0.2, 0) is 20.9 Å². The summed E-state index contributed by atoms with van der Waals surface area (Å²) >= 11 is 0. The van der Waals surface area contributed by atoms with Gasteiger partial charge in [0.25, 0.3) is 0 Å². The Hall–Kier alpha value is -1.96. The van der Waals surface area contributed by atoms with Crippen molar-refractivity contribution in [2.24, 2.45) is 0 Å². The maximum absolute atomic E-state index is 13.0. The van der Waals surface area contributed by atoms with Gasteiger partial charge in [0.1, 0.15) is 6.04 Å². The van der Waals surface area contributed by atoms with Gasteiger partial charge >= 0.3 is 0 Å². The Bertz CT molecular complexity index is 799. The van der Waals surface area contributed by atoms with Crippen LogP contribution in [0.25, 0.3) is 0 Å². The fraction of sp³-hybridized carbons (Fsp3) is 0.680. The van der Waals surface area contributed by atoms with Gasteiger partial charge < -0.3 is 15.0 Å². The predicted molar refractivity (Wildman–Crippen MR) is 124 cm³/mol. The monoisotopic (exact) mass is 442 g/mol. The molecule has 3 heterocycles. The van der Waals surface area contributed by atoms with Crippen molar-refractivity contribution >= 4 is 11.8 Å². The molecule has 0 aromatic heterocycles. The second-order valence-corrected chi connectivity index (χ2v) is 9.70. The summed E-state index contributed by atoms with van der Waals surface area (Å²) in [6, 6.07) is 9.03. The van der Waals surface area contributed by atoms with Crippen molar-refractivity contribution in [3.05, 3.63) is 35.4 Å². The molecule has 32 heavy (non-hydrogen) atoms. The van der Waals surface area contributed by atoms with Gasteiger partial charge in [-0.05, 0) is 45.2 Å². The van der Waals surface area contributed by atoms with E-state index >= 15 is 0 Å². The van der Waals surface area contributed by atoms with Crippen LogP contribution < -0.4 is 5.32 Å². The number of benzene rings is 1.